The Balaban J connectivity index is -0.0000000170. The first kappa shape index (κ1) is 77.8. The molecule has 2 heterocycles. The van der Waals surface area contributed by atoms with E-state index in [2.05, 4.69) is 40.5 Å². The number of hydrogen-bond donors (Lipinski definition) is 0. The van der Waals surface area contributed by atoms with E-state index >= 15 is 0 Å². The maximum Gasteiger partial charge on any atom is 0.0213 e. The summed E-state index contributed by atoms with van der Waals surface area (Å²) in [5.41, 5.74) is 3.54. The maximum absolute atomic E-state index is 3.76. The van der Waals surface area contributed by atoms with Gasteiger partial charge < -0.3 is 37.2 Å². The fourth-order valence-corrected chi connectivity index (χ4v) is 1.19. The molecule has 9 radical (unpaired) electrons. The fourth-order valence-electron chi connectivity index (χ4n) is 1.19. The van der Waals surface area contributed by atoms with Crippen molar-refractivity contribution in [1.82, 2.24) is 15.0 Å². The topological polar surface area (TPSA) is 38.7 Å². The second-order valence-electron chi connectivity index (χ2n) is 4.40. The summed E-state index contributed by atoms with van der Waals surface area (Å²) in [5.74, 6) is 0. The van der Waals surface area contributed by atoms with E-state index in [1.54, 1.807) is 24.7 Å². The Labute approximate surface area is 431 Å². The van der Waals surface area contributed by atoms with Gasteiger partial charge in [-0.3, -0.25) is 0 Å². The van der Waals surface area contributed by atoms with Crippen LogP contribution in [0.25, 0.3) is 0 Å². The van der Waals surface area contributed by atoms with E-state index in [4.69, 9.17) is 0 Å². The van der Waals surface area contributed by atoms with Crippen LogP contribution >= 0.6 is 0 Å². The molecule has 0 unspecified atom stereocenters. The predicted octanol–water partition coefficient (Wildman–Crippen LogP) is 4.90. The number of rotatable bonds is 0. The number of nitrogens with zero attached hydrogens (tertiary/aromatic N) is 3. The molecular formula is C21H27N3Y9-6. The van der Waals surface area contributed by atoms with E-state index in [1.807, 2.05) is 44.2 Å². The van der Waals surface area contributed by atoms with Gasteiger partial charge in [0.25, 0.3) is 0 Å². The van der Waals surface area contributed by atoms with Crippen LogP contribution in [0.3, 0.4) is 0 Å². The van der Waals surface area contributed by atoms with Crippen molar-refractivity contribution in [2.75, 3.05) is 0 Å². The summed E-state index contributed by atoms with van der Waals surface area (Å²) in [6.45, 7) is 6.00. The van der Waals surface area contributed by atoms with Crippen LogP contribution in [-0.4, -0.2) is 15.0 Å². The number of benzene rings is 1. The molecule has 0 amide bonds. The summed E-state index contributed by atoms with van der Waals surface area (Å²) < 4.78 is 0. The van der Waals surface area contributed by atoms with Gasteiger partial charge in [-0.15, -0.1) is 11.1 Å². The van der Waals surface area contributed by atoms with Crippen molar-refractivity contribution in [3.05, 3.63) is 113 Å². The Kier molecular flexibility index (Phi) is 139. The van der Waals surface area contributed by atoms with Crippen LogP contribution in [0, 0.1) is 61.6 Å². The quantitative estimate of drug-likeness (QED) is 0.302. The molecule has 0 saturated carbocycles. The molecule has 12 heteroatoms. The summed E-state index contributed by atoms with van der Waals surface area (Å²) in [7, 11) is 0. The Morgan fingerprint density at radius 1 is 0.485 bits per heavy atom. The summed E-state index contributed by atoms with van der Waals surface area (Å²) in [5, 5.41) is 0. The Bertz CT molecular complexity index is 520. The first-order valence-electron chi connectivity index (χ1n) is 6.54. The molecule has 33 heavy (non-hydrogen) atoms. The zero-order valence-corrected chi connectivity index (χ0v) is 46.3. The number of pyridine rings is 1. The van der Waals surface area contributed by atoms with Gasteiger partial charge in [0.1, 0.15) is 0 Å². The summed E-state index contributed by atoms with van der Waals surface area (Å²) >= 11 is 0. The van der Waals surface area contributed by atoms with Crippen LogP contribution < -0.4 is 0 Å². The largest absolute Gasteiger partial charge is 0.394 e. The zero-order chi connectivity index (χ0) is 15.3. The first-order valence-corrected chi connectivity index (χ1v) is 6.54. The standard InChI is InChI=1S/C7H7.C6H6N.C5H5N2.3CH3.9Y/c1-7-5-3-2-4-6-7;1-6-3-2-4-7-5-6;1-5-2-6-4-7-3-5;;;;;;;;;;;;/h3-6H,1H3;2-3,5H,1H3;2-3H,1H3;3*1H3;;;;;;;;;/q6*-1;;;;;;;;;. The molecule has 3 rings (SSSR count). The van der Waals surface area contributed by atoms with Crippen molar-refractivity contribution in [2.24, 2.45) is 0 Å². The van der Waals surface area contributed by atoms with E-state index in [0.717, 1.165) is 5.56 Å². The van der Waals surface area contributed by atoms with Gasteiger partial charge in [0, 0.05) is 301 Å². The van der Waals surface area contributed by atoms with Gasteiger partial charge >= 0.3 is 0 Å². The maximum atomic E-state index is 3.76. The SMILES string of the molecule is Cc1cc[c-]cc1.Cc1cc[c-]nc1.Cc1cn[c-]nc1.[CH3-].[CH3-].[CH3-].[Y].[Y].[Y].[Y].[Y].[Y].[Y].[Y].[Y]. The average Bonchev–Trinajstić information content (AvgIpc) is 2.51. The van der Waals surface area contributed by atoms with E-state index in [1.165, 1.54) is 11.1 Å². The van der Waals surface area contributed by atoms with E-state index in [-0.39, 0.29) is 317 Å². The second kappa shape index (κ2) is 58.9. The Hall–Kier alpha value is 7.39. The van der Waals surface area contributed by atoms with Gasteiger partial charge in [-0.1, -0.05) is 45.6 Å². The molecule has 3 aromatic rings. The summed E-state index contributed by atoms with van der Waals surface area (Å²) in [6.07, 6.45) is 10.3. The minimum atomic E-state index is 0. The molecule has 0 aliphatic rings. The molecule has 2 aromatic heterocycles. The third-order valence-corrected chi connectivity index (χ3v) is 2.30. The number of hydrogen-bond acceptors (Lipinski definition) is 3. The van der Waals surface area contributed by atoms with Crippen LogP contribution in [0.15, 0.2) is 55.0 Å². The molecule has 0 N–H and O–H groups in total. The van der Waals surface area contributed by atoms with E-state index in [9.17, 15) is 0 Å². The van der Waals surface area contributed by atoms with Gasteiger partial charge in [0.2, 0.25) is 0 Å². The van der Waals surface area contributed by atoms with Gasteiger partial charge in [-0.25, -0.2) is 0 Å². The van der Waals surface area contributed by atoms with Crippen LogP contribution in [0.5, 0.6) is 0 Å². The molecule has 3 nitrogen and oxygen atoms in total. The number of aromatic nitrogens is 3. The molecule has 0 atom stereocenters. The molecular weight excluding hydrogens is 1090 g/mol. The van der Waals surface area contributed by atoms with Gasteiger partial charge in [0.15, 0.2) is 0 Å². The molecule has 0 bridgehead atoms. The van der Waals surface area contributed by atoms with Gasteiger partial charge in [0.05, 0.1) is 0 Å². The molecule has 0 saturated heterocycles. The summed E-state index contributed by atoms with van der Waals surface area (Å²) in [4.78, 5) is 11.1. The van der Waals surface area contributed by atoms with Crippen molar-refractivity contribution in [1.29, 1.82) is 0 Å². The third kappa shape index (κ3) is 55.9. The Morgan fingerprint density at radius 2 is 0.848 bits per heavy atom. The van der Waals surface area contributed by atoms with Crippen molar-refractivity contribution in [3.8, 4) is 0 Å². The molecule has 159 valence electrons. The summed E-state index contributed by atoms with van der Waals surface area (Å²) in [6, 6.07) is 14.6. The molecule has 0 aliphatic heterocycles. The molecule has 1 aromatic carbocycles. The second-order valence-corrected chi connectivity index (χ2v) is 4.40. The van der Waals surface area contributed by atoms with Crippen LogP contribution in [0.4, 0.5) is 0 Å². The predicted molar refractivity (Wildman–Crippen MR) is 103 cm³/mol. The van der Waals surface area contributed by atoms with Crippen molar-refractivity contribution >= 4 is 0 Å². The molecule has 0 aliphatic carbocycles. The smallest absolute Gasteiger partial charge is 0.0213 e. The van der Waals surface area contributed by atoms with Crippen LogP contribution in [0.1, 0.15) is 16.7 Å². The van der Waals surface area contributed by atoms with Gasteiger partial charge in [-0.2, -0.15) is 48.0 Å². The van der Waals surface area contributed by atoms with E-state index in [0.29, 0.717) is 0 Å². The van der Waals surface area contributed by atoms with Crippen molar-refractivity contribution in [2.45, 2.75) is 20.8 Å². The first-order chi connectivity index (χ1) is 10.2. The van der Waals surface area contributed by atoms with Crippen molar-refractivity contribution < 1.29 is 294 Å². The zero-order valence-electron chi connectivity index (χ0n) is 20.7. The fraction of sp³-hybridized carbons (Fsp3) is 0.143. The van der Waals surface area contributed by atoms with E-state index < -0.39 is 0 Å². The van der Waals surface area contributed by atoms with Crippen molar-refractivity contribution in [3.63, 3.8) is 0 Å². The average molecular weight is 1120 g/mol. The van der Waals surface area contributed by atoms with Gasteiger partial charge in [-0.05, 0) is 0 Å². The minimum absolute atomic E-state index is 0. The number of aryl methyl sites for hydroxylation is 3. The third-order valence-electron chi connectivity index (χ3n) is 2.30. The van der Waals surface area contributed by atoms with Crippen LogP contribution in [-0.2, 0) is 294 Å². The monoisotopic (exact) mass is 1120 g/mol. The molecule has 0 spiro atoms. The molecule has 0 fully saturated rings. The van der Waals surface area contributed by atoms with Crippen LogP contribution in [0.2, 0.25) is 0 Å². The minimum Gasteiger partial charge on any atom is -0.394 e. The Morgan fingerprint density at radius 3 is 1.03 bits per heavy atom. The normalized spacial score (nSPS) is 5.55.